The van der Waals surface area contributed by atoms with Crippen molar-refractivity contribution in [2.45, 2.75) is 19.4 Å². The molecule has 5 heteroatoms. The first-order valence-corrected chi connectivity index (χ1v) is 8.45. The van der Waals surface area contributed by atoms with E-state index in [0.29, 0.717) is 26.1 Å². The fourth-order valence-corrected chi connectivity index (χ4v) is 2.91. The normalized spacial score (nSPS) is 16.6. The highest BCUT2D eigenvalue weighted by Gasteiger charge is 2.31. The van der Waals surface area contributed by atoms with Gasteiger partial charge in [-0.15, -0.1) is 0 Å². The van der Waals surface area contributed by atoms with Gasteiger partial charge in [-0.2, -0.15) is 0 Å². The van der Waals surface area contributed by atoms with Gasteiger partial charge in [0, 0.05) is 13.1 Å². The Morgan fingerprint density at radius 2 is 1.88 bits per heavy atom. The van der Waals surface area contributed by atoms with E-state index in [4.69, 9.17) is 4.74 Å². The Balaban J connectivity index is 1.45. The van der Waals surface area contributed by atoms with E-state index in [-0.39, 0.29) is 18.1 Å². The number of amides is 2. The molecular weight excluding hydrogens is 316 g/mol. The number of hydrogen-bond acceptors (Lipinski definition) is 3. The SMILES string of the molecule is Cc1ccccc1CC(=O)NCCN1CC(c2ccccc2)OC1=O. The largest absolute Gasteiger partial charge is 0.439 e. The highest BCUT2D eigenvalue weighted by atomic mass is 16.6. The smallest absolute Gasteiger partial charge is 0.410 e. The van der Waals surface area contributed by atoms with Crippen LogP contribution in [0.15, 0.2) is 54.6 Å². The minimum absolute atomic E-state index is 0.0403. The highest BCUT2D eigenvalue weighted by molar-refractivity contribution is 5.79. The molecule has 1 aliphatic heterocycles. The molecule has 25 heavy (non-hydrogen) atoms. The van der Waals surface area contributed by atoms with E-state index in [9.17, 15) is 9.59 Å². The van der Waals surface area contributed by atoms with E-state index in [0.717, 1.165) is 16.7 Å². The molecule has 1 fully saturated rings. The zero-order valence-electron chi connectivity index (χ0n) is 14.3. The van der Waals surface area contributed by atoms with Crippen molar-refractivity contribution in [3.63, 3.8) is 0 Å². The first-order chi connectivity index (χ1) is 12.1. The van der Waals surface area contributed by atoms with Gasteiger partial charge >= 0.3 is 6.09 Å². The second-order valence-electron chi connectivity index (χ2n) is 6.18. The van der Waals surface area contributed by atoms with E-state index >= 15 is 0 Å². The molecule has 0 spiro atoms. The molecule has 0 saturated carbocycles. The molecule has 130 valence electrons. The number of cyclic esters (lactones) is 1. The molecule has 1 atom stereocenters. The maximum absolute atomic E-state index is 12.1. The predicted octanol–water partition coefficient (Wildman–Crippen LogP) is 2.85. The van der Waals surface area contributed by atoms with Crippen LogP contribution in [0.2, 0.25) is 0 Å². The zero-order chi connectivity index (χ0) is 17.6. The molecule has 3 rings (SSSR count). The molecule has 2 aromatic carbocycles. The predicted molar refractivity (Wildman–Crippen MR) is 95.1 cm³/mol. The monoisotopic (exact) mass is 338 g/mol. The molecule has 2 aromatic rings. The lowest BCUT2D eigenvalue weighted by Gasteiger charge is -2.13. The Hall–Kier alpha value is -2.82. The number of nitrogens with zero attached hydrogens (tertiary/aromatic N) is 1. The summed E-state index contributed by atoms with van der Waals surface area (Å²) >= 11 is 0. The third-order valence-electron chi connectivity index (χ3n) is 4.37. The van der Waals surface area contributed by atoms with Gasteiger partial charge in [-0.25, -0.2) is 4.79 Å². The second-order valence-corrected chi connectivity index (χ2v) is 6.18. The van der Waals surface area contributed by atoms with Gasteiger partial charge in [0.15, 0.2) is 0 Å². The fraction of sp³-hybridized carbons (Fsp3) is 0.300. The first kappa shape index (κ1) is 17.0. The lowest BCUT2D eigenvalue weighted by atomic mass is 10.1. The fourth-order valence-electron chi connectivity index (χ4n) is 2.91. The van der Waals surface area contributed by atoms with Crippen LogP contribution >= 0.6 is 0 Å². The molecule has 0 radical (unpaired) electrons. The summed E-state index contributed by atoms with van der Waals surface area (Å²) in [5, 5.41) is 2.87. The van der Waals surface area contributed by atoms with Crippen molar-refractivity contribution in [1.82, 2.24) is 10.2 Å². The van der Waals surface area contributed by atoms with Gasteiger partial charge in [-0.3, -0.25) is 4.79 Å². The van der Waals surface area contributed by atoms with Crippen LogP contribution in [0, 0.1) is 6.92 Å². The van der Waals surface area contributed by atoms with Gasteiger partial charge in [0.1, 0.15) is 6.10 Å². The van der Waals surface area contributed by atoms with Crippen LogP contribution in [0.5, 0.6) is 0 Å². The molecule has 2 amide bonds. The summed E-state index contributed by atoms with van der Waals surface area (Å²) < 4.78 is 5.40. The van der Waals surface area contributed by atoms with Crippen molar-refractivity contribution in [1.29, 1.82) is 0 Å². The van der Waals surface area contributed by atoms with Crippen LogP contribution in [-0.4, -0.2) is 36.5 Å². The van der Waals surface area contributed by atoms with Crippen LogP contribution in [0.3, 0.4) is 0 Å². The van der Waals surface area contributed by atoms with Crippen LogP contribution in [0.4, 0.5) is 4.79 Å². The summed E-state index contributed by atoms with van der Waals surface area (Å²) in [6, 6.07) is 17.5. The van der Waals surface area contributed by atoms with Crippen molar-refractivity contribution in [2.75, 3.05) is 19.6 Å². The van der Waals surface area contributed by atoms with E-state index < -0.39 is 0 Å². The van der Waals surface area contributed by atoms with Crippen LogP contribution in [0.25, 0.3) is 0 Å². The highest BCUT2D eigenvalue weighted by Crippen LogP contribution is 2.25. The summed E-state index contributed by atoms with van der Waals surface area (Å²) in [5.74, 6) is -0.0403. The van der Waals surface area contributed by atoms with Crippen LogP contribution < -0.4 is 5.32 Å². The van der Waals surface area contributed by atoms with Gasteiger partial charge in [0.2, 0.25) is 5.91 Å². The van der Waals surface area contributed by atoms with E-state index in [2.05, 4.69) is 5.32 Å². The number of hydrogen-bond donors (Lipinski definition) is 1. The van der Waals surface area contributed by atoms with E-state index in [1.165, 1.54) is 0 Å². The molecular formula is C20H22N2O3. The van der Waals surface area contributed by atoms with Crippen molar-refractivity contribution < 1.29 is 14.3 Å². The molecule has 5 nitrogen and oxygen atoms in total. The maximum atomic E-state index is 12.1. The lowest BCUT2D eigenvalue weighted by Crippen LogP contribution is -2.36. The third-order valence-corrected chi connectivity index (χ3v) is 4.37. The van der Waals surface area contributed by atoms with Gasteiger partial charge in [-0.05, 0) is 23.6 Å². The van der Waals surface area contributed by atoms with Gasteiger partial charge in [0.05, 0.1) is 13.0 Å². The molecule has 0 aliphatic carbocycles. The summed E-state index contributed by atoms with van der Waals surface area (Å²) in [7, 11) is 0. The van der Waals surface area contributed by atoms with Gasteiger partial charge in [-0.1, -0.05) is 54.6 Å². The lowest BCUT2D eigenvalue weighted by molar-refractivity contribution is -0.120. The minimum Gasteiger partial charge on any atom is -0.439 e. The van der Waals surface area contributed by atoms with Crippen molar-refractivity contribution in [2.24, 2.45) is 0 Å². The number of carbonyl (C=O) groups excluding carboxylic acids is 2. The molecule has 1 saturated heterocycles. The zero-order valence-corrected chi connectivity index (χ0v) is 14.3. The first-order valence-electron chi connectivity index (χ1n) is 8.45. The quantitative estimate of drug-likeness (QED) is 0.881. The van der Waals surface area contributed by atoms with E-state index in [1.807, 2.05) is 61.5 Å². The molecule has 1 unspecified atom stereocenters. The Kier molecular flexibility index (Phi) is 5.33. The van der Waals surface area contributed by atoms with Crippen molar-refractivity contribution >= 4 is 12.0 Å². The number of ether oxygens (including phenoxy) is 1. The number of aryl methyl sites for hydroxylation is 1. The molecule has 0 bridgehead atoms. The maximum Gasteiger partial charge on any atom is 0.410 e. The van der Waals surface area contributed by atoms with Crippen molar-refractivity contribution in [3.8, 4) is 0 Å². The Labute approximate surface area is 147 Å². The summed E-state index contributed by atoms with van der Waals surface area (Å²) in [4.78, 5) is 25.7. The summed E-state index contributed by atoms with van der Waals surface area (Å²) in [5.41, 5.74) is 3.11. The molecule has 0 aromatic heterocycles. The Bertz CT molecular complexity index is 746. The van der Waals surface area contributed by atoms with Crippen LogP contribution in [0.1, 0.15) is 22.8 Å². The minimum atomic E-state index is -0.331. The summed E-state index contributed by atoms with van der Waals surface area (Å²) in [6.45, 7) is 3.37. The number of rotatable bonds is 6. The average Bonchev–Trinajstić information content (AvgIpc) is 2.99. The second kappa shape index (κ2) is 7.83. The number of benzene rings is 2. The van der Waals surface area contributed by atoms with E-state index in [1.54, 1.807) is 4.90 Å². The average molecular weight is 338 g/mol. The Morgan fingerprint density at radius 1 is 1.16 bits per heavy atom. The Morgan fingerprint density at radius 3 is 2.64 bits per heavy atom. The van der Waals surface area contributed by atoms with Crippen molar-refractivity contribution in [3.05, 3.63) is 71.3 Å². The van der Waals surface area contributed by atoms with Gasteiger partial charge < -0.3 is 15.0 Å². The van der Waals surface area contributed by atoms with Crippen LogP contribution in [-0.2, 0) is 16.0 Å². The molecule has 1 heterocycles. The standard InChI is InChI=1S/C20H22N2O3/c1-15-7-5-6-10-17(15)13-19(23)21-11-12-22-14-18(25-20(22)24)16-8-3-2-4-9-16/h2-10,18H,11-14H2,1H3,(H,21,23). The summed E-state index contributed by atoms with van der Waals surface area (Å²) in [6.07, 6.45) is -0.220. The number of carbonyl (C=O) groups is 2. The molecule has 1 aliphatic rings. The molecule has 1 N–H and O–H groups in total. The third kappa shape index (κ3) is 4.38. The topological polar surface area (TPSA) is 58.6 Å². The number of nitrogens with one attached hydrogen (secondary N) is 1. The van der Waals surface area contributed by atoms with Gasteiger partial charge in [0.25, 0.3) is 0 Å².